The van der Waals surface area contributed by atoms with Crippen LogP contribution in [0.4, 0.5) is 0 Å². The Morgan fingerprint density at radius 3 is 1.90 bits per heavy atom. The minimum Gasteiger partial charge on any atom is -0.501 e. The van der Waals surface area contributed by atoms with Gasteiger partial charge in [-0.1, -0.05) is 121 Å². The molecule has 0 fully saturated rings. The summed E-state index contributed by atoms with van der Waals surface area (Å²) >= 11 is 0. The molecule has 5 aromatic carbocycles. The van der Waals surface area contributed by atoms with Gasteiger partial charge in [-0.25, -0.2) is 0 Å². The van der Waals surface area contributed by atoms with Crippen molar-refractivity contribution in [2.45, 2.75) is 33.5 Å². The topological polar surface area (TPSA) is 38.9 Å². The second-order valence-corrected chi connectivity index (χ2v) is 18.4. The maximum Gasteiger partial charge on any atom is 0.121 e. The number of rotatable bonds is 5. The number of hydrogen-bond acceptors (Lipinski definition) is 3. The molecule has 0 N–H and O–H groups in total. The van der Waals surface area contributed by atoms with Crippen molar-refractivity contribution < 1.29 is 24.5 Å². The Bertz CT molecular complexity index is 2380. The maximum absolute atomic E-state index is 6.38. The van der Waals surface area contributed by atoms with Crippen LogP contribution >= 0.6 is 0 Å². The van der Waals surface area contributed by atoms with Gasteiger partial charge in [0.05, 0.1) is 13.7 Å². The largest absolute Gasteiger partial charge is 0.501 e. The molecule has 249 valence electrons. The first-order valence-corrected chi connectivity index (χ1v) is 20.2. The van der Waals surface area contributed by atoms with E-state index in [2.05, 4.69) is 136 Å². The van der Waals surface area contributed by atoms with E-state index in [0.29, 0.717) is 0 Å². The molecular formula is C45H38IrN2OSi-2. The molecule has 3 aromatic heterocycles. The van der Waals surface area contributed by atoms with Crippen molar-refractivity contribution in [1.29, 1.82) is 0 Å². The van der Waals surface area contributed by atoms with E-state index >= 15 is 0 Å². The Morgan fingerprint density at radius 2 is 1.26 bits per heavy atom. The van der Waals surface area contributed by atoms with Gasteiger partial charge in [-0.15, -0.1) is 54.1 Å². The average molecular weight is 843 g/mol. The van der Waals surface area contributed by atoms with Crippen LogP contribution in [0.1, 0.15) is 11.1 Å². The minimum absolute atomic E-state index is 0. The van der Waals surface area contributed by atoms with Crippen molar-refractivity contribution in [3.05, 3.63) is 163 Å². The van der Waals surface area contributed by atoms with Crippen molar-refractivity contribution >= 4 is 35.2 Å². The third-order valence-electron chi connectivity index (χ3n) is 8.90. The summed E-state index contributed by atoms with van der Waals surface area (Å²) in [6.45, 7) is 11.4. The first kappa shape index (κ1) is 34.9. The molecule has 8 rings (SSSR count). The summed E-state index contributed by atoms with van der Waals surface area (Å²) in [4.78, 5) is 9.38. The fourth-order valence-corrected chi connectivity index (χ4v) is 8.20. The van der Waals surface area contributed by atoms with Crippen LogP contribution in [0, 0.1) is 26.0 Å². The Balaban J connectivity index is 0.000000204. The first-order valence-electron chi connectivity index (χ1n) is 16.7. The van der Waals surface area contributed by atoms with Gasteiger partial charge in [0.1, 0.15) is 5.58 Å². The summed E-state index contributed by atoms with van der Waals surface area (Å²) < 4.78 is 6.38. The fourth-order valence-electron chi connectivity index (χ4n) is 6.49. The molecule has 3 heterocycles. The summed E-state index contributed by atoms with van der Waals surface area (Å²) in [6.07, 6.45) is 4.00. The van der Waals surface area contributed by atoms with Gasteiger partial charge in [0, 0.05) is 43.4 Å². The van der Waals surface area contributed by atoms with Gasteiger partial charge in [0.15, 0.2) is 0 Å². The van der Waals surface area contributed by atoms with Gasteiger partial charge in [-0.05, 0) is 58.7 Å². The number of aromatic nitrogens is 2. The van der Waals surface area contributed by atoms with Crippen molar-refractivity contribution in [2.75, 3.05) is 0 Å². The molecule has 5 heteroatoms. The molecule has 8 aromatic rings. The van der Waals surface area contributed by atoms with Crippen LogP contribution in [-0.2, 0) is 20.1 Å². The van der Waals surface area contributed by atoms with Crippen LogP contribution in [0.25, 0.3) is 66.7 Å². The summed E-state index contributed by atoms with van der Waals surface area (Å²) in [5.41, 5.74) is 12.7. The molecule has 0 aliphatic rings. The normalized spacial score (nSPS) is 11.1. The predicted octanol–water partition coefficient (Wildman–Crippen LogP) is 11.5. The maximum atomic E-state index is 6.38. The summed E-state index contributed by atoms with van der Waals surface area (Å²) in [6, 6.07) is 50.0. The number of benzene rings is 5. The Kier molecular flexibility index (Phi) is 10.4. The third-order valence-corrected chi connectivity index (χ3v) is 11.0. The molecule has 0 atom stereocenters. The van der Waals surface area contributed by atoms with Gasteiger partial charge in [-0.3, -0.25) is 0 Å². The number of furan rings is 1. The molecule has 0 aliphatic carbocycles. The number of nitrogens with zero attached hydrogens (tertiary/aromatic N) is 2. The van der Waals surface area contributed by atoms with E-state index in [-0.39, 0.29) is 20.1 Å². The van der Waals surface area contributed by atoms with Crippen LogP contribution < -0.4 is 5.19 Å². The standard InChI is InChI=1S/C30H20NO.C15H18NSi.Ir/c1-20-18-27(31-19-26(20)22-12-6-3-7-13-22)24-15-8-16-25-29-23(21-10-4-2-5-11-21)14-9-17-28(29)32-30(24)25;1-12-10-14(13-8-6-5-7-9-13)16-11-15(12)17(2,3)4;/h2-14,16-19H,1H3;5-8,10-11H,1-4H3;/q2*-1;. The summed E-state index contributed by atoms with van der Waals surface area (Å²) in [5.74, 6) is 0. The minimum atomic E-state index is -1.27. The molecule has 0 saturated carbocycles. The quantitative estimate of drug-likeness (QED) is 0.128. The molecule has 3 nitrogen and oxygen atoms in total. The van der Waals surface area contributed by atoms with Gasteiger partial charge in [-0.2, -0.15) is 0 Å². The van der Waals surface area contributed by atoms with E-state index in [1.165, 1.54) is 33.0 Å². The van der Waals surface area contributed by atoms with Crippen LogP contribution in [0.3, 0.4) is 0 Å². The molecule has 1 radical (unpaired) electrons. The van der Waals surface area contributed by atoms with E-state index in [1.807, 2.05) is 54.7 Å². The third kappa shape index (κ3) is 7.17. The number of hydrogen-bond donors (Lipinski definition) is 0. The molecule has 0 bridgehead atoms. The smallest absolute Gasteiger partial charge is 0.121 e. The van der Waals surface area contributed by atoms with Gasteiger partial charge in [0.25, 0.3) is 0 Å². The van der Waals surface area contributed by atoms with E-state index < -0.39 is 8.07 Å². The van der Waals surface area contributed by atoms with Gasteiger partial charge < -0.3 is 14.4 Å². The van der Waals surface area contributed by atoms with Crippen molar-refractivity contribution in [1.82, 2.24) is 9.97 Å². The molecule has 0 amide bonds. The number of fused-ring (bicyclic) bond motifs is 3. The molecule has 0 aliphatic heterocycles. The van der Waals surface area contributed by atoms with E-state index in [0.717, 1.165) is 50.0 Å². The zero-order valence-electron chi connectivity index (χ0n) is 28.9. The van der Waals surface area contributed by atoms with Crippen molar-refractivity contribution in [3.8, 4) is 44.8 Å². The Hall–Kier alpha value is -4.93. The van der Waals surface area contributed by atoms with E-state index in [1.54, 1.807) is 0 Å². The SMILES string of the molecule is Cc1cc(-c2[c-]ccc3c2oc2cccc(-c4ccccc4)c23)ncc1-c1ccccc1.Cc1cc(-c2[c-]cccc2)ncc1[Si](C)(C)C.[Ir]. The fraction of sp³-hybridized carbons (Fsp3) is 0.111. The predicted molar refractivity (Wildman–Crippen MR) is 208 cm³/mol. The molecule has 50 heavy (non-hydrogen) atoms. The molecule has 0 unspecified atom stereocenters. The second kappa shape index (κ2) is 14.9. The summed E-state index contributed by atoms with van der Waals surface area (Å²) in [7, 11) is -1.27. The zero-order valence-corrected chi connectivity index (χ0v) is 32.3. The van der Waals surface area contributed by atoms with E-state index in [4.69, 9.17) is 9.40 Å². The van der Waals surface area contributed by atoms with E-state index in [9.17, 15) is 0 Å². The monoisotopic (exact) mass is 843 g/mol. The molecule has 0 saturated heterocycles. The molecular weight excluding hydrogens is 805 g/mol. The number of pyridine rings is 2. The average Bonchev–Trinajstić information content (AvgIpc) is 3.52. The molecule has 0 spiro atoms. The van der Waals surface area contributed by atoms with Gasteiger partial charge in [0.2, 0.25) is 0 Å². The second-order valence-electron chi connectivity index (χ2n) is 13.4. The van der Waals surface area contributed by atoms with Crippen LogP contribution in [0.15, 0.2) is 144 Å². The Morgan fingerprint density at radius 1 is 0.600 bits per heavy atom. The van der Waals surface area contributed by atoms with Crippen molar-refractivity contribution in [3.63, 3.8) is 0 Å². The summed E-state index contributed by atoms with van der Waals surface area (Å²) in [5, 5.41) is 3.65. The van der Waals surface area contributed by atoms with Crippen LogP contribution in [0.5, 0.6) is 0 Å². The van der Waals surface area contributed by atoms with Crippen LogP contribution in [-0.4, -0.2) is 18.0 Å². The number of aryl methyl sites for hydroxylation is 2. The van der Waals surface area contributed by atoms with Crippen LogP contribution in [0.2, 0.25) is 19.6 Å². The first-order chi connectivity index (χ1) is 23.8. The van der Waals surface area contributed by atoms with Crippen molar-refractivity contribution in [2.24, 2.45) is 0 Å². The van der Waals surface area contributed by atoms with Gasteiger partial charge >= 0.3 is 0 Å². The zero-order chi connectivity index (χ0) is 34.0. The Labute approximate surface area is 309 Å².